The molecule has 1 rings (SSSR count). The number of hydrogen-bond donors (Lipinski definition) is 1. The molecule has 0 aromatic carbocycles. The van der Waals surface area contributed by atoms with Crippen molar-refractivity contribution in [2.45, 2.75) is 39.0 Å². The van der Waals surface area contributed by atoms with E-state index in [1.54, 1.807) is 6.20 Å². The van der Waals surface area contributed by atoms with E-state index < -0.39 is 0 Å². The summed E-state index contributed by atoms with van der Waals surface area (Å²) < 4.78 is 0. The number of hydrogen-bond acceptors (Lipinski definition) is 3. The fraction of sp³-hybridized carbons (Fsp3) is 0.500. The average molecular weight is 248 g/mol. The quantitative estimate of drug-likeness (QED) is 0.835. The van der Waals surface area contributed by atoms with Crippen molar-refractivity contribution in [1.82, 2.24) is 10.3 Å². The Labute approximate surface area is 108 Å². The van der Waals surface area contributed by atoms with E-state index in [0.717, 1.165) is 5.56 Å². The molecule has 18 heavy (non-hydrogen) atoms. The van der Waals surface area contributed by atoms with Crippen molar-refractivity contribution in [3.05, 3.63) is 30.1 Å². The Bertz CT molecular complexity index is 413. The Morgan fingerprint density at radius 3 is 2.61 bits per heavy atom. The second-order valence-electron chi connectivity index (χ2n) is 5.10. The lowest BCUT2D eigenvalue weighted by atomic mass is 9.85. The largest absolute Gasteiger partial charge is 0.355 e. The van der Waals surface area contributed by atoms with Gasteiger partial charge in [0.05, 0.1) is 0 Å². The van der Waals surface area contributed by atoms with E-state index in [0.29, 0.717) is 13.0 Å². The fourth-order valence-electron chi connectivity index (χ4n) is 1.56. The number of nitrogens with zero attached hydrogens (tertiary/aromatic N) is 1. The van der Waals surface area contributed by atoms with Crippen LogP contribution in [0.25, 0.3) is 0 Å². The van der Waals surface area contributed by atoms with Crippen LogP contribution in [0.15, 0.2) is 24.5 Å². The third-order valence-corrected chi connectivity index (χ3v) is 2.87. The van der Waals surface area contributed by atoms with Crippen LogP contribution in [0, 0.1) is 0 Å². The van der Waals surface area contributed by atoms with Crippen molar-refractivity contribution in [3.63, 3.8) is 0 Å². The van der Waals surface area contributed by atoms with Gasteiger partial charge in [0.2, 0.25) is 5.91 Å². The highest BCUT2D eigenvalue weighted by atomic mass is 16.2. The van der Waals surface area contributed by atoms with Crippen molar-refractivity contribution in [1.29, 1.82) is 0 Å². The van der Waals surface area contributed by atoms with E-state index in [-0.39, 0.29) is 23.5 Å². The number of Topliss-reactive ketones (excluding diaryl/α,β-unsaturated/α-hetero) is 1. The number of pyridine rings is 1. The Morgan fingerprint density at radius 2 is 2.06 bits per heavy atom. The molecule has 0 unspecified atom stereocenters. The first-order chi connectivity index (χ1) is 8.42. The third-order valence-electron chi connectivity index (χ3n) is 2.87. The lowest BCUT2D eigenvalue weighted by Gasteiger charge is -2.25. The van der Waals surface area contributed by atoms with Gasteiger partial charge in [0.1, 0.15) is 5.78 Å². The number of aromatic nitrogens is 1. The molecule has 0 saturated carbocycles. The van der Waals surface area contributed by atoms with E-state index >= 15 is 0 Å². The molecule has 0 fully saturated rings. The molecule has 1 amide bonds. The molecule has 0 aliphatic carbocycles. The van der Waals surface area contributed by atoms with Gasteiger partial charge in [-0.1, -0.05) is 19.9 Å². The van der Waals surface area contributed by atoms with Crippen molar-refractivity contribution in [2.24, 2.45) is 0 Å². The molecular weight excluding hydrogens is 228 g/mol. The molecule has 0 bridgehead atoms. The first-order valence-electron chi connectivity index (χ1n) is 6.08. The van der Waals surface area contributed by atoms with E-state index in [1.807, 2.05) is 18.3 Å². The lowest BCUT2D eigenvalue weighted by molar-refractivity contribution is -0.124. The molecule has 1 N–H and O–H groups in total. The van der Waals surface area contributed by atoms with Crippen LogP contribution in [0.2, 0.25) is 0 Å². The predicted molar refractivity (Wildman–Crippen MR) is 70.2 cm³/mol. The summed E-state index contributed by atoms with van der Waals surface area (Å²) in [5.41, 5.74) is 0.914. The molecule has 4 nitrogen and oxygen atoms in total. The number of carbonyl (C=O) groups is 2. The Morgan fingerprint density at radius 1 is 1.33 bits per heavy atom. The molecule has 1 aromatic rings. The zero-order valence-electron chi connectivity index (χ0n) is 11.2. The van der Waals surface area contributed by atoms with Gasteiger partial charge in [0.25, 0.3) is 0 Å². The molecule has 1 aromatic heterocycles. The summed E-state index contributed by atoms with van der Waals surface area (Å²) in [5, 5.41) is 2.86. The van der Waals surface area contributed by atoms with Crippen LogP contribution in [-0.4, -0.2) is 23.2 Å². The summed E-state index contributed by atoms with van der Waals surface area (Å²) in [4.78, 5) is 26.4. The van der Waals surface area contributed by atoms with Crippen LogP contribution < -0.4 is 5.32 Å². The molecule has 0 aliphatic heterocycles. The van der Waals surface area contributed by atoms with Crippen LogP contribution in [0.5, 0.6) is 0 Å². The van der Waals surface area contributed by atoms with Crippen LogP contribution in [-0.2, 0) is 15.0 Å². The van der Waals surface area contributed by atoms with E-state index in [2.05, 4.69) is 24.1 Å². The van der Waals surface area contributed by atoms with Gasteiger partial charge in [0.15, 0.2) is 0 Å². The van der Waals surface area contributed by atoms with Crippen molar-refractivity contribution in [3.8, 4) is 0 Å². The maximum Gasteiger partial charge on any atom is 0.220 e. The van der Waals surface area contributed by atoms with Gasteiger partial charge < -0.3 is 10.1 Å². The van der Waals surface area contributed by atoms with Gasteiger partial charge in [-0.15, -0.1) is 0 Å². The van der Waals surface area contributed by atoms with E-state index in [4.69, 9.17) is 0 Å². The summed E-state index contributed by atoms with van der Waals surface area (Å²) in [6, 6.07) is 3.88. The zero-order valence-corrected chi connectivity index (χ0v) is 11.2. The van der Waals surface area contributed by atoms with Gasteiger partial charge in [0, 0.05) is 37.2 Å². The normalized spacial score (nSPS) is 11.1. The van der Waals surface area contributed by atoms with Crippen molar-refractivity contribution >= 4 is 11.7 Å². The van der Waals surface area contributed by atoms with Gasteiger partial charge in [-0.2, -0.15) is 0 Å². The van der Waals surface area contributed by atoms with Crippen molar-refractivity contribution in [2.75, 3.05) is 6.54 Å². The fourth-order valence-corrected chi connectivity index (χ4v) is 1.56. The molecule has 0 spiro atoms. The predicted octanol–water partition coefficient (Wildman–Crippen LogP) is 1.84. The van der Waals surface area contributed by atoms with Gasteiger partial charge in [-0.3, -0.25) is 9.78 Å². The van der Waals surface area contributed by atoms with E-state index in [9.17, 15) is 9.59 Å². The Hall–Kier alpha value is -1.71. The lowest BCUT2D eigenvalue weighted by Crippen LogP contribution is -2.36. The summed E-state index contributed by atoms with van der Waals surface area (Å²) >= 11 is 0. The van der Waals surface area contributed by atoms with Gasteiger partial charge >= 0.3 is 0 Å². The number of carbonyl (C=O) groups excluding carboxylic acids is 2. The standard InChI is InChI=1S/C14H20N2O2/c1-11(17)6-7-13(18)16-10-14(2,3)12-5-4-8-15-9-12/h4-5,8-9H,6-7,10H2,1-3H3,(H,16,18). The monoisotopic (exact) mass is 248 g/mol. The second-order valence-corrected chi connectivity index (χ2v) is 5.10. The first kappa shape index (κ1) is 14.4. The molecule has 98 valence electrons. The molecule has 4 heteroatoms. The van der Waals surface area contributed by atoms with E-state index in [1.165, 1.54) is 6.92 Å². The molecule has 0 aliphatic rings. The number of ketones is 1. The minimum Gasteiger partial charge on any atom is -0.355 e. The molecule has 0 atom stereocenters. The van der Waals surface area contributed by atoms with Crippen LogP contribution in [0.1, 0.15) is 39.2 Å². The summed E-state index contributed by atoms with van der Waals surface area (Å²) in [6.07, 6.45) is 4.10. The highest BCUT2D eigenvalue weighted by Crippen LogP contribution is 2.20. The summed E-state index contributed by atoms with van der Waals surface area (Å²) in [7, 11) is 0. The van der Waals surface area contributed by atoms with Gasteiger partial charge in [-0.05, 0) is 18.6 Å². The van der Waals surface area contributed by atoms with Crippen LogP contribution in [0.4, 0.5) is 0 Å². The number of nitrogens with one attached hydrogen (secondary N) is 1. The molecule has 0 radical (unpaired) electrons. The van der Waals surface area contributed by atoms with Crippen LogP contribution >= 0.6 is 0 Å². The van der Waals surface area contributed by atoms with Gasteiger partial charge in [-0.25, -0.2) is 0 Å². The number of amides is 1. The smallest absolute Gasteiger partial charge is 0.220 e. The number of rotatable bonds is 6. The minimum absolute atomic E-state index is 0.0386. The summed E-state index contributed by atoms with van der Waals surface area (Å²) in [5.74, 6) is -0.0427. The molecule has 1 heterocycles. The third kappa shape index (κ3) is 4.65. The minimum atomic E-state index is -0.167. The van der Waals surface area contributed by atoms with Crippen molar-refractivity contribution < 1.29 is 9.59 Å². The molecular formula is C14H20N2O2. The first-order valence-corrected chi connectivity index (χ1v) is 6.08. The Balaban J connectivity index is 2.47. The zero-order chi connectivity index (χ0) is 13.6. The Kier molecular flexibility index (Phi) is 5.01. The second kappa shape index (κ2) is 6.28. The highest BCUT2D eigenvalue weighted by molar-refractivity contribution is 5.83. The maximum atomic E-state index is 11.5. The average Bonchev–Trinajstić information content (AvgIpc) is 2.35. The molecule has 0 saturated heterocycles. The highest BCUT2D eigenvalue weighted by Gasteiger charge is 2.21. The topological polar surface area (TPSA) is 59.1 Å². The maximum absolute atomic E-state index is 11.5. The SMILES string of the molecule is CC(=O)CCC(=O)NCC(C)(C)c1cccnc1. The summed E-state index contributed by atoms with van der Waals surface area (Å²) in [6.45, 7) is 6.13. The van der Waals surface area contributed by atoms with Crippen LogP contribution in [0.3, 0.4) is 0 Å².